The molecular weight excluding hydrogens is 356 g/mol. The molecule has 0 amide bonds. The lowest BCUT2D eigenvalue weighted by atomic mass is 10.2. The second kappa shape index (κ2) is 10.3. The van der Waals surface area contributed by atoms with Gasteiger partial charge in [-0.2, -0.15) is 0 Å². The molecule has 0 aliphatic carbocycles. The highest BCUT2D eigenvalue weighted by Crippen LogP contribution is 2.28. The molecule has 0 aromatic heterocycles. The Bertz CT molecular complexity index is 873. The number of anilines is 2. The molecule has 2 N–H and O–H groups in total. The predicted octanol–water partition coefficient (Wildman–Crippen LogP) is 4.49. The van der Waals surface area contributed by atoms with E-state index in [1.54, 1.807) is 24.3 Å². The van der Waals surface area contributed by atoms with Crippen molar-refractivity contribution in [1.29, 1.82) is 0 Å². The summed E-state index contributed by atoms with van der Waals surface area (Å²) in [4.78, 5) is 0. The average Bonchev–Trinajstić information content (AvgIpc) is 2.70. The Morgan fingerprint density at radius 2 is 1.19 bits per heavy atom. The summed E-state index contributed by atoms with van der Waals surface area (Å²) in [5, 5.41) is 0. The van der Waals surface area contributed by atoms with Gasteiger partial charge in [-0.3, -0.25) is 0 Å². The minimum absolute atomic E-state index is 0.100. The first-order valence-corrected chi connectivity index (χ1v) is 10.2. The number of benzene rings is 3. The monoisotopic (exact) mass is 380 g/mol. The molecule has 0 fully saturated rings. The third kappa shape index (κ3) is 6.09. The number of hydrogen-bond donors (Lipinski definition) is 1. The standard InChI is InChI=1S/C15H15NO2S.C7H9N/c1-2-13-19(17,18)16(14-9-5-3-6-10-14)15-11-7-4-8-12-15;8-6-7-4-2-1-3-5-7/h2-12H,1,13H2;1-5H,6,8H2. The predicted molar refractivity (Wildman–Crippen MR) is 113 cm³/mol. The van der Waals surface area contributed by atoms with Crippen LogP contribution in [-0.4, -0.2) is 14.2 Å². The second-order valence-corrected chi connectivity index (χ2v) is 7.55. The number of sulfonamides is 1. The third-order valence-electron chi connectivity index (χ3n) is 3.67. The van der Waals surface area contributed by atoms with Crippen molar-refractivity contribution in [2.24, 2.45) is 5.73 Å². The van der Waals surface area contributed by atoms with E-state index >= 15 is 0 Å². The summed E-state index contributed by atoms with van der Waals surface area (Å²) in [5.74, 6) is -0.100. The van der Waals surface area contributed by atoms with Crippen LogP contribution in [0.4, 0.5) is 11.4 Å². The zero-order valence-electron chi connectivity index (χ0n) is 15.1. The highest BCUT2D eigenvalue weighted by Gasteiger charge is 2.22. The summed E-state index contributed by atoms with van der Waals surface area (Å²) in [5.41, 5.74) is 7.78. The topological polar surface area (TPSA) is 63.4 Å². The molecule has 3 rings (SSSR count). The van der Waals surface area contributed by atoms with Crippen LogP contribution in [-0.2, 0) is 16.6 Å². The van der Waals surface area contributed by atoms with Gasteiger partial charge in [0.15, 0.2) is 0 Å². The molecule has 3 aromatic carbocycles. The Kier molecular flexibility index (Phi) is 7.79. The van der Waals surface area contributed by atoms with Gasteiger partial charge in [0, 0.05) is 6.54 Å². The van der Waals surface area contributed by atoms with E-state index in [-0.39, 0.29) is 5.75 Å². The van der Waals surface area contributed by atoms with Gasteiger partial charge in [-0.05, 0) is 29.8 Å². The van der Waals surface area contributed by atoms with Crippen LogP contribution in [0.15, 0.2) is 104 Å². The lowest BCUT2D eigenvalue weighted by Gasteiger charge is -2.23. The van der Waals surface area contributed by atoms with Crippen molar-refractivity contribution in [2.75, 3.05) is 10.1 Å². The summed E-state index contributed by atoms with van der Waals surface area (Å²) < 4.78 is 26.1. The Morgan fingerprint density at radius 1 is 0.778 bits per heavy atom. The Morgan fingerprint density at radius 3 is 1.52 bits per heavy atom. The maximum atomic E-state index is 12.4. The molecule has 5 heteroatoms. The maximum absolute atomic E-state index is 12.4. The van der Waals surface area contributed by atoms with Gasteiger partial charge >= 0.3 is 0 Å². The molecule has 0 radical (unpaired) electrons. The fourth-order valence-corrected chi connectivity index (χ4v) is 3.77. The molecule has 0 heterocycles. The summed E-state index contributed by atoms with van der Waals surface area (Å²) in [6, 6.07) is 28.0. The first kappa shape index (κ1) is 20.4. The fourth-order valence-electron chi connectivity index (χ4n) is 2.43. The molecule has 3 aromatic rings. The highest BCUT2D eigenvalue weighted by atomic mass is 32.2. The van der Waals surface area contributed by atoms with Crippen LogP contribution in [0, 0.1) is 0 Å². The minimum Gasteiger partial charge on any atom is -0.326 e. The van der Waals surface area contributed by atoms with Crippen molar-refractivity contribution < 1.29 is 8.42 Å². The van der Waals surface area contributed by atoms with Gasteiger partial charge in [0.25, 0.3) is 0 Å². The summed E-state index contributed by atoms with van der Waals surface area (Å²) in [6.45, 7) is 4.15. The van der Waals surface area contributed by atoms with Crippen LogP contribution in [0.5, 0.6) is 0 Å². The Labute approximate surface area is 161 Å². The fraction of sp³-hybridized carbons (Fsp3) is 0.0909. The molecular formula is C22H24N2O2S. The van der Waals surface area contributed by atoms with Crippen molar-refractivity contribution in [2.45, 2.75) is 6.54 Å². The van der Waals surface area contributed by atoms with Gasteiger partial charge in [0.2, 0.25) is 10.0 Å². The van der Waals surface area contributed by atoms with E-state index in [2.05, 4.69) is 6.58 Å². The lowest BCUT2D eigenvalue weighted by molar-refractivity contribution is 0.599. The normalized spacial score (nSPS) is 10.4. The molecule has 27 heavy (non-hydrogen) atoms. The zero-order valence-corrected chi connectivity index (χ0v) is 15.9. The van der Waals surface area contributed by atoms with Crippen molar-refractivity contribution in [3.05, 3.63) is 109 Å². The van der Waals surface area contributed by atoms with E-state index in [9.17, 15) is 8.42 Å². The van der Waals surface area contributed by atoms with Gasteiger partial charge in [-0.25, -0.2) is 12.7 Å². The molecule has 0 atom stereocenters. The van der Waals surface area contributed by atoms with Crippen LogP contribution < -0.4 is 10.0 Å². The van der Waals surface area contributed by atoms with Crippen molar-refractivity contribution in [3.63, 3.8) is 0 Å². The Balaban J connectivity index is 0.000000273. The van der Waals surface area contributed by atoms with Gasteiger partial charge in [0.05, 0.1) is 17.1 Å². The molecule has 0 aliphatic rings. The minimum atomic E-state index is -3.46. The summed E-state index contributed by atoms with van der Waals surface area (Å²) >= 11 is 0. The third-order valence-corrected chi connectivity index (χ3v) is 5.30. The molecule has 0 bridgehead atoms. The van der Waals surface area contributed by atoms with Crippen molar-refractivity contribution >= 4 is 21.4 Å². The van der Waals surface area contributed by atoms with Gasteiger partial charge in [-0.15, -0.1) is 6.58 Å². The van der Waals surface area contributed by atoms with Crippen molar-refractivity contribution in [3.8, 4) is 0 Å². The number of nitrogens with two attached hydrogens (primary N) is 1. The van der Waals surface area contributed by atoms with E-state index in [4.69, 9.17) is 5.73 Å². The van der Waals surface area contributed by atoms with E-state index < -0.39 is 10.0 Å². The van der Waals surface area contributed by atoms with Crippen LogP contribution in [0.2, 0.25) is 0 Å². The number of rotatable bonds is 6. The first-order valence-electron chi connectivity index (χ1n) is 8.56. The highest BCUT2D eigenvalue weighted by molar-refractivity contribution is 7.93. The summed E-state index contributed by atoms with van der Waals surface area (Å²) in [7, 11) is -3.46. The molecule has 0 saturated carbocycles. The lowest BCUT2D eigenvalue weighted by Crippen LogP contribution is -2.27. The van der Waals surface area contributed by atoms with E-state index in [0.717, 1.165) is 0 Å². The van der Waals surface area contributed by atoms with Crippen LogP contribution in [0.1, 0.15) is 5.56 Å². The Hall–Kier alpha value is -2.89. The van der Waals surface area contributed by atoms with Gasteiger partial charge in [0.1, 0.15) is 0 Å². The van der Waals surface area contributed by atoms with Gasteiger partial charge < -0.3 is 5.73 Å². The van der Waals surface area contributed by atoms with Gasteiger partial charge in [-0.1, -0.05) is 72.8 Å². The van der Waals surface area contributed by atoms with Crippen LogP contribution in [0.3, 0.4) is 0 Å². The number of hydrogen-bond acceptors (Lipinski definition) is 3. The van der Waals surface area contributed by atoms with E-state index in [1.165, 1.54) is 15.9 Å². The molecule has 0 aliphatic heterocycles. The zero-order chi connectivity index (χ0) is 19.5. The number of para-hydroxylation sites is 2. The smallest absolute Gasteiger partial charge is 0.243 e. The maximum Gasteiger partial charge on any atom is 0.243 e. The largest absolute Gasteiger partial charge is 0.326 e. The molecule has 0 spiro atoms. The second-order valence-electron chi connectivity index (χ2n) is 5.69. The molecule has 4 nitrogen and oxygen atoms in total. The van der Waals surface area contributed by atoms with E-state index in [1.807, 2.05) is 66.7 Å². The first-order chi connectivity index (χ1) is 13.1. The van der Waals surface area contributed by atoms with Crippen LogP contribution in [0.25, 0.3) is 0 Å². The molecule has 140 valence electrons. The average molecular weight is 381 g/mol. The summed E-state index contributed by atoms with van der Waals surface area (Å²) in [6.07, 6.45) is 1.40. The van der Waals surface area contributed by atoms with Crippen LogP contribution >= 0.6 is 0 Å². The molecule has 0 saturated heterocycles. The van der Waals surface area contributed by atoms with Crippen molar-refractivity contribution in [1.82, 2.24) is 0 Å². The number of nitrogens with zero attached hydrogens (tertiary/aromatic N) is 1. The molecule has 0 unspecified atom stereocenters. The quantitative estimate of drug-likeness (QED) is 0.641. The van der Waals surface area contributed by atoms with E-state index in [0.29, 0.717) is 17.9 Å². The SMILES string of the molecule is C=CCS(=O)(=O)N(c1ccccc1)c1ccccc1.NCc1ccccc1.